The van der Waals surface area contributed by atoms with Crippen molar-refractivity contribution < 1.29 is 4.74 Å². The van der Waals surface area contributed by atoms with E-state index in [9.17, 15) is 0 Å². The second-order valence-corrected chi connectivity index (χ2v) is 4.92. The smallest absolute Gasteiger partial charge is 0.122 e. The summed E-state index contributed by atoms with van der Waals surface area (Å²) < 4.78 is 5.27. The third-order valence-electron chi connectivity index (χ3n) is 3.40. The number of methoxy groups -OCH3 is 1. The highest BCUT2D eigenvalue weighted by Gasteiger charge is 2.29. The van der Waals surface area contributed by atoms with Crippen LogP contribution in [0.4, 0.5) is 0 Å². The topological polar surface area (TPSA) is 59.0 Å². The molecule has 0 aromatic heterocycles. The highest BCUT2D eigenvalue weighted by molar-refractivity contribution is 5.45. The third kappa shape index (κ3) is 2.42. The molecule has 1 aromatic carbocycles. The van der Waals surface area contributed by atoms with E-state index < -0.39 is 5.41 Å². The van der Waals surface area contributed by atoms with E-state index in [4.69, 9.17) is 15.7 Å². The second-order valence-electron chi connectivity index (χ2n) is 4.92. The summed E-state index contributed by atoms with van der Waals surface area (Å²) in [6.07, 6.45) is 0. The molecule has 0 aliphatic rings. The van der Waals surface area contributed by atoms with Gasteiger partial charge in [-0.2, -0.15) is 5.26 Å². The maximum Gasteiger partial charge on any atom is 0.122 e. The number of nitrogens with zero attached hydrogens (tertiary/aromatic N) is 1. The Hall–Kier alpha value is -1.53. The molecular formula is C14H20N2O. The van der Waals surface area contributed by atoms with Crippen LogP contribution in [0.2, 0.25) is 0 Å². The Morgan fingerprint density at radius 2 is 1.88 bits per heavy atom. The van der Waals surface area contributed by atoms with Crippen molar-refractivity contribution in [3.8, 4) is 11.8 Å². The third-order valence-corrected chi connectivity index (χ3v) is 3.40. The first-order valence-corrected chi connectivity index (χ1v) is 5.66. The predicted molar refractivity (Wildman–Crippen MR) is 68.8 cm³/mol. The number of benzene rings is 1. The molecule has 3 nitrogen and oxygen atoms in total. The molecule has 1 atom stereocenters. The van der Waals surface area contributed by atoms with Gasteiger partial charge in [-0.3, -0.25) is 0 Å². The Kier molecular flexibility index (Phi) is 3.79. The second kappa shape index (κ2) is 4.77. The molecule has 2 N–H and O–H groups in total. The first-order chi connectivity index (χ1) is 7.85. The Bertz CT molecular complexity index is 458. The van der Waals surface area contributed by atoms with Crippen LogP contribution in [0.3, 0.4) is 0 Å². The summed E-state index contributed by atoms with van der Waals surface area (Å²) in [7, 11) is 1.65. The average molecular weight is 232 g/mol. The van der Waals surface area contributed by atoms with Gasteiger partial charge < -0.3 is 10.5 Å². The SMILES string of the molecule is COc1ccc(C(N)C(C)(C)C#N)c(C)c1C. The number of ether oxygens (including phenoxy) is 1. The van der Waals surface area contributed by atoms with Gasteiger partial charge in [-0.25, -0.2) is 0 Å². The van der Waals surface area contributed by atoms with E-state index in [-0.39, 0.29) is 6.04 Å². The highest BCUT2D eigenvalue weighted by atomic mass is 16.5. The average Bonchev–Trinajstić information content (AvgIpc) is 2.31. The van der Waals surface area contributed by atoms with E-state index >= 15 is 0 Å². The van der Waals surface area contributed by atoms with E-state index in [1.165, 1.54) is 0 Å². The van der Waals surface area contributed by atoms with Gasteiger partial charge in [0.1, 0.15) is 5.75 Å². The van der Waals surface area contributed by atoms with Gasteiger partial charge in [0.25, 0.3) is 0 Å². The molecule has 0 heterocycles. The summed E-state index contributed by atoms with van der Waals surface area (Å²) in [6.45, 7) is 7.73. The molecule has 3 heteroatoms. The van der Waals surface area contributed by atoms with Crippen molar-refractivity contribution in [3.63, 3.8) is 0 Å². The number of nitriles is 1. The normalized spacial score (nSPS) is 13.0. The number of hydrogen-bond acceptors (Lipinski definition) is 3. The highest BCUT2D eigenvalue weighted by Crippen LogP contribution is 2.35. The van der Waals surface area contributed by atoms with Crippen molar-refractivity contribution in [1.29, 1.82) is 5.26 Å². The molecule has 1 aromatic rings. The van der Waals surface area contributed by atoms with Crippen molar-refractivity contribution in [2.75, 3.05) is 7.11 Å². The largest absolute Gasteiger partial charge is 0.496 e. The Labute approximate surface area is 103 Å². The Morgan fingerprint density at radius 3 is 2.35 bits per heavy atom. The van der Waals surface area contributed by atoms with Crippen LogP contribution >= 0.6 is 0 Å². The lowest BCUT2D eigenvalue weighted by molar-refractivity contribution is 0.389. The molecule has 0 saturated carbocycles. The fourth-order valence-electron chi connectivity index (χ4n) is 1.83. The van der Waals surface area contributed by atoms with E-state index in [0.717, 1.165) is 22.4 Å². The quantitative estimate of drug-likeness (QED) is 0.871. The molecule has 0 aliphatic heterocycles. The number of hydrogen-bond donors (Lipinski definition) is 1. The molecule has 0 amide bonds. The lowest BCUT2D eigenvalue weighted by Gasteiger charge is -2.27. The summed E-state index contributed by atoms with van der Waals surface area (Å²) in [5.74, 6) is 0.855. The van der Waals surface area contributed by atoms with Gasteiger partial charge >= 0.3 is 0 Å². The van der Waals surface area contributed by atoms with Gasteiger partial charge in [0.05, 0.1) is 18.6 Å². The zero-order chi connectivity index (χ0) is 13.2. The van der Waals surface area contributed by atoms with Crippen LogP contribution in [0.1, 0.15) is 36.6 Å². The van der Waals surface area contributed by atoms with Crippen LogP contribution in [0.25, 0.3) is 0 Å². The fraction of sp³-hybridized carbons (Fsp3) is 0.500. The summed E-state index contributed by atoms with van der Waals surface area (Å²) in [4.78, 5) is 0. The summed E-state index contributed by atoms with van der Waals surface area (Å²) >= 11 is 0. The molecular weight excluding hydrogens is 212 g/mol. The zero-order valence-corrected chi connectivity index (χ0v) is 11.2. The van der Waals surface area contributed by atoms with Crippen LogP contribution < -0.4 is 10.5 Å². The number of nitrogens with two attached hydrogens (primary N) is 1. The molecule has 1 unspecified atom stereocenters. The van der Waals surface area contributed by atoms with Gasteiger partial charge in [-0.05, 0) is 50.5 Å². The van der Waals surface area contributed by atoms with E-state index in [0.29, 0.717) is 0 Å². The maximum atomic E-state index is 9.13. The minimum absolute atomic E-state index is 0.294. The van der Waals surface area contributed by atoms with Gasteiger partial charge in [0.2, 0.25) is 0 Å². The van der Waals surface area contributed by atoms with Gasteiger partial charge in [0, 0.05) is 6.04 Å². The van der Waals surface area contributed by atoms with E-state index in [1.807, 2.05) is 39.8 Å². The monoisotopic (exact) mass is 232 g/mol. The first kappa shape index (κ1) is 13.5. The molecule has 1 rings (SSSR count). The molecule has 0 radical (unpaired) electrons. The summed E-state index contributed by atoms with van der Waals surface area (Å²) in [5, 5.41) is 9.13. The van der Waals surface area contributed by atoms with Crippen LogP contribution in [0, 0.1) is 30.6 Å². The van der Waals surface area contributed by atoms with Crippen LogP contribution in [0.5, 0.6) is 5.75 Å². The lowest BCUT2D eigenvalue weighted by Crippen LogP contribution is -2.28. The molecule has 0 aliphatic carbocycles. The van der Waals surface area contributed by atoms with E-state index in [1.54, 1.807) is 7.11 Å². The predicted octanol–water partition coefficient (Wildman–Crippen LogP) is 2.86. The summed E-state index contributed by atoms with van der Waals surface area (Å²) in [5.41, 5.74) is 8.79. The van der Waals surface area contributed by atoms with Crippen LogP contribution in [0.15, 0.2) is 12.1 Å². The fourth-order valence-corrected chi connectivity index (χ4v) is 1.83. The molecule has 0 spiro atoms. The van der Waals surface area contributed by atoms with Crippen molar-refractivity contribution in [1.82, 2.24) is 0 Å². The van der Waals surface area contributed by atoms with Crippen molar-refractivity contribution in [2.24, 2.45) is 11.1 Å². The van der Waals surface area contributed by atoms with Crippen LogP contribution in [-0.4, -0.2) is 7.11 Å². The Morgan fingerprint density at radius 1 is 1.29 bits per heavy atom. The van der Waals surface area contributed by atoms with Gasteiger partial charge in [-0.1, -0.05) is 6.07 Å². The minimum atomic E-state index is -0.578. The first-order valence-electron chi connectivity index (χ1n) is 5.66. The van der Waals surface area contributed by atoms with Crippen molar-refractivity contribution in [2.45, 2.75) is 33.7 Å². The molecule has 17 heavy (non-hydrogen) atoms. The molecule has 0 fully saturated rings. The number of rotatable bonds is 3. The Balaban J connectivity index is 3.27. The molecule has 92 valence electrons. The van der Waals surface area contributed by atoms with Crippen LogP contribution in [-0.2, 0) is 0 Å². The van der Waals surface area contributed by atoms with E-state index in [2.05, 4.69) is 6.07 Å². The van der Waals surface area contributed by atoms with Crippen molar-refractivity contribution >= 4 is 0 Å². The summed E-state index contributed by atoms with van der Waals surface area (Å²) in [6, 6.07) is 5.82. The molecule has 0 saturated heterocycles. The maximum absolute atomic E-state index is 9.13. The minimum Gasteiger partial charge on any atom is -0.496 e. The van der Waals surface area contributed by atoms with Crippen molar-refractivity contribution in [3.05, 3.63) is 28.8 Å². The standard InChI is InChI=1S/C14H20N2O/c1-9-10(2)12(17-5)7-6-11(9)13(16)14(3,4)8-15/h6-7,13H,16H2,1-5H3. The zero-order valence-electron chi connectivity index (χ0n) is 11.2. The van der Waals surface area contributed by atoms with Gasteiger partial charge in [0.15, 0.2) is 0 Å². The van der Waals surface area contributed by atoms with Gasteiger partial charge in [-0.15, -0.1) is 0 Å². The molecule has 0 bridgehead atoms. The lowest BCUT2D eigenvalue weighted by atomic mass is 9.80.